The molecule has 2 heterocycles. The average Bonchev–Trinajstić information content (AvgIpc) is 2.90. The minimum Gasteiger partial charge on any atom is -0.477 e. The fourth-order valence-corrected chi connectivity index (χ4v) is 4.79. The van der Waals surface area contributed by atoms with Gasteiger partial charge in [0, 0.05) is 11.6 Å². The number of halogens is 1. The number of benzene rings is 1. The fraction of sp³-hybridized carbons (Fsp3) is 0.353. The van der Waals surface area contributed by atoms with Crippen LogP contribution in [0.1, 0.15) is 5.56 Å². The zero-order chi connectivity index (χ0) is 18.0. The maximum absolute atomic E-state index is 12.4. The number of carbonyl (C=O) groups is 3. The number of amides is 1. The Morgan fingerprint density at radius 1 is 1.32 bits per heavy atom. The molecule has 0 bridgehead atoms. The summed E-state index contributed by atoms with van der Waals surface area (Å²) in [6.07, 6.45) is 0.177. The third-order valence-corrected chi connectivity index (χ3v) is 5.91. The minimum absolute atomic E-state index is 0.0318. The van der Waals surface area contributed by atoms with Crippen molar-refractivity contribution in [3.63, 3.8) is 0 Å². The van der Waals surface area contributed by atoms with Crippen molar-refractivity contribution in [2.45, 2.75) is 17.8 Å². The number of nitrogens with zero attached hydrogens (tertiary/aromatic N) is 1. The number of fused-ring (bicyclic) bond motifs is 1. The first-order valence-electron chi connectivity index (χ1n) is 7.76. The maximum Gasteiger partial charge on any atom is 0.352 e. The normalized spacial score (nSPS) is 22.8. The number of thioether (sulfide) groups is 1. The summed E-state index contributed by atoms with van der Waals surface area (Å²) in [6, 6.07) is 8.53. The van der Waals surface area contributed by atoms with Gasteiger partial charge in [0.25, 0.3) is 0 Å². The lowest BCUT2D eigenvalue weighted by Gasteiger charge is -2.34. The number of carboxylic acid groups (broad SMARTS) is 1. The quantitative estimate of drug-likeness (QED) is 0.748. The monoisotopic (exact) mass is 380 g/mol. The van der Waals surface area contributed by atoms with Crippen LogP contribution in [0.3, 0.4) is 0 Å². The van der Waals surface area contributed by atoms with Gasteiger partial charge in [-0.3, -0.25) is 9.59 Å². The summed E-state index contributed by atoms with van der Waals surface area (Å²) in [5.41, 5.74) is 1.54. The molecule has 6 nitrogen and oxygen atoms in total. The molecule has 132 valence electrons. The highest BCUT2D eigenvalue weighted by Gasteiger charge is 2.47. The molecule has 0 saturated carbocycles. The van der Waals surface area contributed by atoms with Crippen molar-refractivity contribution >= 4 is 41.0 Å². The third kappa shape index (κ3) is 3.67. The lowest BCUT2D eigenvalue weighted by atomic mass is 10.1. The number of carbonyl (C=O) groups excluding carboxylic acids is 2. The van der Waals surface area contributed by atoms with E-state index in [0.717, 1.165) is 5.56 Å². The number of alkyl halides is 1. The number of aliphatic carboxylic acids is 1. The molecule has 1 amide bonds. The van der Waals surface area contributed by atoms with E-state index < -0.39 is 17.4 Å². The van der Waals surface area contributed by atoms with E-state index in [4.69, 9.17) is 11.6 Å². The summed E-state index contributed by atoms with van der Waals surface area (Å²) >= 11 is 7.27. The molecule has 2 aliphatic heterocycles. The lowest BCUT2D eigenvalue weighted by molar-refractivity contribution is -0.134. The number of nitrogens with one attached hydrogen (secondary N) is 1. The standard InChI is InChI=1S/C17H17ClN2O4S/c18-7-11-9-25-16-14(12(21)8-20(16)15(11)17(23)24)19-13(22)6-10-4-2-1-3-5-10/h1-5,14,16H,6-9H2,(H,19,22)(H,23,24)/t14-,16-/m1/s1. The van der Waals surface area contributed by atoms with Crippen LogP contribution in [-0.4, -0.2) is 57.3 Å². The molecule has 3 rings (SSSR count). The highest BCUT2D eigenvalue weighted by molar-refractivity contribution is 8.00. The lowest BCUT2D eigenvalue weighted by Crippen LogP contribution is -2.48. The molecule has 0 aromatic heterocycles. The predicted molar refractivity (Wildman–Crippen MR) is 95.4 cm³/mol. The molecule has 2 N–H and O–H groups in total. The van der Waals surface area contributed by atoms with Gasteiger partial charge in [-0.2, -0.15) is 0 Å². The van der Waals surface area contributed by atoms with Gasteiger partial charge >= 0.3 is 5.97 Å². The molecule has 1 aromatic carbocycles. The molecular weight excluding hydrogens is 364 g/mol. The second kappa shape index (κ2) is 7.49. The first-order valence-corrected chi connectivity index (χ1v) is 9.35. The van der Waals surface area contributed by atoms with Gasteiger partial charge in [0.2, 0.25) is 5.91 Å². The van der Waals surface area contributed by atoms with E-state index in [2.05, 4.69) is 5.32 Å². The van der Waals surface area contributed by atoms with Crippen LogP contribution in [0.25, 0.3) is 0 Å². The summed E-state index contributed by atoms with van der Waals surface area (Å²) in [5, 5.41) is 11.8. The van der Waals surface area contributed by atoms with E-state index in [0.29, 0.717) is 11.3 Å². The van der Waals surface area contributed by atoms with Crippen LogP contribution in [0, 0.1) is 0 Å². The first kappa shape index (κ1) is 17.8. The molecule has 8 heteroatoms. The molecule has 1 aromatic rings. The Kier molecular flexibility index (Phi) is 5.34. The largest absolute Gasteiger partial charge is 0.477 e. The van der Waals surface area contributed by atoms with Crippen LogP contribution in [0.4, 0.5) is 0 Å². The highest BCUT2D eigenvalue weighted by Crippen LogP contribution is 2.37. The van der Waals surface area contributed by atoms with E-state index in [1.165, 1.54) is 11.8 Å². The highest BCUT2D eigenvalue weighted by atomic mass is 35.5. The Morgan fingerprint density at radius 3 is 2.68 bits per heavy atom. The van der Waals surface area contributed by atoms with E-state index >= 15 is 0 Å². The van der Waals surface area contributed by atoms with Crippen molar-refractivity contribution in [2.24, 2.45) is 0 Å². The summed E-state index contributed by atoms with van der Waals surface area (Å²) < 4.78 is 0. The Bertz CT molecular complexity index is 737. The van der Waals surface area contributed by atoms with Crippen molar-refractivity contribution in [3.05, 3.63) is 47.2 Å². The molecule has 0 spiro atoms. The Labute approximate surface area is 154 Å². The minimum atomic E-state index is -1.09. The van der Waals surface area contributed by atoms with Crippen molar-refractivity contribution in [1.82, 2.24) is 10.2 Å². The van der Waals surface area contributed by atoms with Gasteiger partial charge in [0.1, 0.15) is 17.1 Å². The van der Waals surface area contributed by atoms with Gasteiger partial charge in [-0.05, 0) is 11.1 Å². The van der Waals surface area contributed by atoms with Crippen molar-refractivity contribution in [1.29, 1.82) is 0 Å². The second-order valence-corrected chi connectivity index (χ2v) is 7.27. The molecule has 0 unspecified atom stereocenters. The smallest absolute Gasteiger partial charge is 0.352 e. The van der Waals surface area contributed by atoms with Crippen molar-refractivity contribution in [3.8, 4) is 0 Å². The number of rotatable bonds is 5. The van der Waals surface area contributed by atoms with Gasteiger partial charge in [0.05, 0.1) is 13.0 Å². The summed E-state index contributed by atoms with van der Waals surface area (Å²) in [5.74, 6) is -0.990. The van der Waals surface area contributed by atoms with Crippen LogP contribution >= 0.6 is 23.4 Å². The molecule has 1 saturated heterocycles. The van der Waals surface area contributed by atoms with E-state index in [9.17, 15) is 19.5 Å². The second-order valence-electron chi connectivity index (χ2n) is 5.89. The topological polar surface area (TPSA) is 86.7 Å². The molecule has 2 atom stereocenters. The van der Waals surface area contributed by atoms with E-state index in [-0.39, 0.29) is 36.2 Å². The molecule has 2 aliphatic rings. The van der Waals surface area contributed by atoms with Gasteiger partial charge in [-0.25, -0.2) is 4.79 Å². The molecule has 0 aliphatic carbocycles. The van der Waals surface area contributed by atoms with Gasteiger partial charge < -0.3 is 15.3 Å². The zero-order valence-electron chi connectivity index (χ0n) is 13.3. The van der Waals surface area contributed by atoms with Gasteiger partial charge in [0.15, 0.2) is 5.78 Å². The summed E-state index contributed by atoms with van der Waals surface area (Å²) in [7, 11) is 0. The van der Waals surface area contributed by atoms with Crippen LogP contribution in [0.2, 0.25) is 0 Å². The van der Waals surface area contributed by atoms with Crippen LogP contribution in [0.15, 0.2) is 41.6 Å². The number of ketones is 1. The predicted octanol–water partition coefficient (Wildman–Crippen LogP) is 1.25. The number of hydrogen-bond donors (Lipinski definition) is 2. The van der Waals surface area contributed by atoms with Crippen molar-refractivity contribution in [2.75, 3.05) is 18.2 Å². The van der Waals surface area contributed by atoms with Crippen molar-refractivity contribution < 1.29 is 19.5 Å². The van der Waals surface area contributed by atoms with E-state index in [1.807, 2.05) is 30.3 Å². The summed E-state index contributed by atoms with van der Waals surface area (Å²) in [4.78, 5) is 37.8. The average molecular weight is 381 g/mol. The first-order chi connectivity index (χ1) is 12.0. The maximum atomic E-state index is 12.4. The summed E-state index contributed by atoms with van der Waals surface area (Å²) in [6.45, 7) is -0.0318. The van der Waals surface area contributed by atoms with E-state index in [1.54, 1.807) is 4.90 Å². The zero-order valence-corrected chi connectivity index (χ0v) is 14.8. The molecule has 25 heavy (non-hydrogen) atoms. The third-order valence-electron chi connectivity index (χ3n) is 4.20. The molecular formula is C17H17ClN2O4S. The fourth-order valence-electron chi connectivity index (χ4n) is 3.08. The van der Waals surface area contributed by atoms with Crippen LogP contribution in [-0.2, 0) is 20.8 Å². The number of Topliss-reactive ketones (excluding diaryl/α,β-unsaturated/α-hetero) is 1. The number of carboxylic acids is 1. The SMILES string of the molecule is O=C(Cc1ccccc1)N[C@@H]1C(=O)CN2C(C(=O)O)=C(CCl)CS[C@H]12. The Balaban J connectivity index is 1.74. The number of hydrogen-bond acceptors (Lipinski definition) is 5. The van der Waals surface area contributed by atoms with Crippen LogP contribution in [0.5, 0.6) is 0 Å². The van der Waals surface area contributed by atoms with Crippen LogP contribution < -0.4 is 5.32 Å². The molecule has 0 radical (unpaired) electrons. The Morgan fingerprint density at radius 2 is 2.04 bits per heavy atom. The van der Waals surface area contributed by atoms with Gasteiger partial charge in [-0.1, -0.05) is 30.3 Å². The van der Waals surface area contributed by atoms with Gasteiger partial charge in [-0.15, -0.1) is 23.4 Å². The molecule has 1 fully saturated rings. The Hall–Kier alpha value is -1.99.